The molecule has 2 rings (SSSR count). The molecule has 0 fully saturated rings. The van der Waals surface area contributed by atoms with Gasteiger partial charge in [0.25, 0.3) is 5.19 Å². The van der Waals surface area contributed by atoms with E-state index in [1.54, 1.807) is 37.4 Å². The number of ether oxygens (including phenoxy) is 1. The average molecular weight is 291 g/mol. The van der Waals surface area contributed by atoms with Gasteiger partial charge in [0.2, 0.25) is 0 Å². The first-order valence-electron chi connectivity index (χ1n) is 5.07. The number of thiazole rings is 1. The van der Waals surface area contributed by atoms with Crippen LogP contribution in [-0.4, -0.2) is 53.8 Å². The zero-order valence-electron chi connectivity index (χ0n) is 9.16. The van der Waals surface area contributed by atoms with E-state index in [1.807, 2.05) is 5.38 Å². The number of carboxylic acid groups (broad SMARTS) is 1. The molecule has 0 aliphatic heterocycles. The normalized spacial score (nSPS) is 11.4. The predicted octanol–water partition coefficient (Wildman–Crippen LogP) is 2.21. The number of aliphatic carboxylic acids is 1. The Hall–Kier alpha value is -0.620. The monoisotopic (exact) mass is 291 g/mol. The molecule has 0 aliphatic rings. The molecule has 0 amide bonds. The SMILES string of the molecule is CC(C(=O)O)c1ccc(Oc2nccs2)cc1.[CaH2]. The van der Waals surface area contributed by atoms with Crippen LogP contribution in [0.2, 0.25) is 0 Å². The Kier molecular flexibility index (Phi) is 6.08. The van der Waals surface area contributed by atoms with Gasteiger partial charge in [0.05, 0.1) is 5.92 Å². The zero-order valence-corrected chi connectivity index (χ0v) is 9.98. The zero-order chi connectivity index (χ0) is 12.3. The van der Waals surface area contributed by atoms with Gasteiger partial charge >= 0.3 is 43.7 Å². The topological polar surface area (TPSA) is 59.4 Å². The molecule has 18 heavy (non-hydrogen) atoms. The number of nitrogens with zero attached hydrogens (tertiary/aromatic N) is 1. The van der Waals surface area contributed by atoms with Crippen LogP contribution in [0.15, 0.2) is 35.8 Å². The van der Waals surface area contributed by atoms with Crippen LogP contribution in [0.25, 0.3) is 0 Å². The van der Waals surface area contributed by atoms with Gasteiger partial charge in [0, 0.05) is 11.6 Å². The Morgan fingerprint density at radius 2 is 2.06 bits per heavy atom. The fourth-order valence-electron chi connectivity index (χ4n) is 1.33. The van der Waals surface area contributed by atoms with E-state index in [0.29, 0.717) is 10.9 Å². The van der Waals surface area contributed by atoms with Crippen molar-refractivity contribution in [3.05, 3.63) is 41.4 Å². The van der Waals surface area contributed by atoms with Crippen molar-refractivity contribution in [3.63, 3.8) is 0 Å². The number of rotatable bonds is 4. The van der Waals surface area contributed by atoms with Crippen molar-refractivity contribution in [1.29, 1.82) is 0 Å². The van der Waals surface area contributed by atoms with Crippen LogP contribution in [0.3, 0.4) is 0 Å². The molecule has 1 aromatic carbocycles. The Morgan fingerprint density at radius 3 is 2.56 bits per heavy atom. The van der Waals surface area contributed by atoms with Crippen LogP contribution in [0, 0.1) is 0 Å². The molecule has 4 nitrogen and oxygen atoms in total. The summed E-state index contributed by atoms with van der Waals surface area (Å²) in [5, 5.41) is 11.3. The fourth-order valence-corrected chi connectivity index (χ4v) is 1.83. The molecule has 1 aromatic heterocycles. The summed E-state index contributed by atoms with van der Waals surface area (Å²) in [6, 6.07) is 7.00. The second kappa shape index (κ2) is 7.09. The molecule has 0 bridgehead atoms. The molecule has 6 heteroatoms. The van der Waals surface area contributed by atoms with Crippen molar-refractivity contribution in [2.45, 2.75) is 12.8 Å². The van der Waals surface area contributed by atoms with Gasteiger partial charge < -0.3 is 9.84 Å². The summed E-state index contributed by atoms with van der Waals surface area (Å²) in [6.07, 6.45) is 1.67. The van der Waals surface area contributed by atoms with Crippen molar-refractivity contribution in [1.82, 2.24) is 4.98 Å². The summed E-state index contributed by atoms with van der Waals surface area (Å²) in [7, 11) is 0. The van der Waals surface area contributed by atoms with E-state index in [1.165, 1.54) is 11.3 Å². The van der Waals surface area contributed by atoms with Gasteiger partial charge in [0.1, 0.15) is 5.75 Å². The van der Waals surface area contributed by atoms with Gasteiger partial charge in [0.15, 0.2) is 0 Å². The fraction of sp³-hybridized carbons (Fsp3) is 0.167. The first-order valence-corrected chi connectivity index (χ1v) is 5.95. The quantitative estimate of drug-likeness (QED) is 0.877. The molecule has 92 valence electrons. The Morgan fingerprint density at radius 1 is 1.39 bits per heavy atom. The molecule has 0 saturated carbocycles. The Balaban J connectivity index is 0.00000162. The summed E-state index contributed by atoms with van der Waals surface area (Å²) in [4.78, 5) is 14.8. The summed E-state index contributed by atoms with van der Waals surface area (Å²) in [5.74, 6) is -0.691. The van der Waals surface area contributed by atoms with Crippen molar-refractivity contribution in [2.24, 2.45) is 0 Å². The number of aromatic nitrogens is 1. The first-order chi connectivity index (χ1) is 8.16. The molecule has 1 N–H and O–H groups in total. The maximum absolute atomic E-state index is 10.8. The van der Waals surface area contributed by atoms with E-state index in [4.69, 9.17) is 9.84 Å². The minimum atomic E-state index is -0.835. The van der Waals surface area contributed by atoms with Gasteiger partial charge in [-0.15, -0.1) is 0 Å². The van der Waals surface area contributed by atoms with E-state index >= 15 is 0 Å². The van der Waals surface area contributed by atoms with Crippen LogP contribution in [0.4, 0.5) is 0 Å². The van der Waals surface area contributed by atoms with Crippen molar-refractivity contribution in [2.75, 3.05) is 0 Å². The second-order valence-corrected chi connectivity index (χ2v) is 4.39. The third kappa shape index (κ3) is 3.95. The summed E-state index contributed by atoms with van der Waals surface area (Å²) in [5.41, 5.74) is 0.754. The molecule has 0 radical (unpaired) electrons. The van der Waals surface area contributed by atoms with Crippen LogP contribution < -0.4 is 4.74 Å². The minimum absolute atomic E-state index is 0. The molecule has 0 saturated heterocycles. The molecule has 1 atom stereocenters. The van der Waals surface area contributed by atoms with Gasteiger partial charge in [-0.3, -0.25) is 4.79 Å². The number of carbonyl (C=O) groups is 1. The van der Waals surface area contributed by atoms with Gasteiger partial charge in [-0.1, -0.05) is 23.5 Å². The van der Waals surface area contributed by atoms with E-state index in [2.05, 4.69) is 4.98 Å². The van der Waals surface area contributed by atoms with E-state index < -0.39 is 11.9 Å². The Bertz CT molecular complexity index is 499. The second-order valence-electron chi connectivity index (χ2n) is 3.53. The molecular formula is C12H13CaNO3S. The summed E-state index contributed by atoms with van der Waals surface area (Å²) in [6.45, 7) is 1.65. The molecule has 0 spiro atoms. The molecule has 1 heterocycles. The van der Waals surface area contributed by atoms with Crippen LogP contribution in [-0.2, 0) is 4.79 Å². The van der Waals surface area contributed by atoms with Crippen LogP contribution >= 0.6 is 11.3 Å². The van der Waals surface area contributed by atoms with E-state index in [0.717, 1.165) is 5.56 Å². The summed E-state index contributed by atoms with van der Waals surface area (Å²) < 4.78 is 5.47. The van der Waals surface area contributed by atoms with Crippen molar-refractivity contribution < 1.29 is 14.6 Å². The van der Waals surface area contributed by atoms with Gasteiger partial charge in [-0.2, -0.15) is 0 Å². The third-order valence-corrected chi connectivity index (χ3v) is 3.01. The molecule has 2 aromatic rings. The number of hydrogen-bond acceptors (Lipinski definition) is 4. The summed E-state index contributed by atoms with van der Waals surface area (Å²) >= 11 is 1.41. The Labute approximate surface area is 139 Å². The third-order valence-electron chi connectivity index (χ3n) is 2.37. The standard InChI is InChI=1S/C12H11NO3S.Ca.2H/c1-8(11(14)15)9-2-4-10(5-3-9)16-12-13-6-7-17-12;;;/h2-8H,1H3,(H,14,15);;;. The van der Waals surface area contributed by atoms with E-state index in [9.17, 15) is 4.79 Å². The van der Waals surface area contributed by atoms with Gasteiger partial charge in [-0.25, -0.2) is 4.98 Å². The number of carboxylic acids is 1. The number of benzene rings is 1. The van der Waals surface area contributed by atoms with E-state index in [-0.39, 0.29) is 37.7 Å². The van der Waals surface area contributed by atoms with Crippen molar-refractivity contribution in [3.8, 4) is 10.9 Å². The number of hydrogen-bond donors (Lipinski definition) is 1. The van der Waals surface area contributed by atoms with Gasteiger partial charge in [-0.05, 0) is 24.6 Å². The molecular weight excluding hydrogens is 278 g/mol. The first kappa shape index (κ1) is 15.4. The average Bonchev–Trinajstić information content (AvgIpc) is 2.82. The van der Waals surface area contributed by atoms with Crippen molar-refractivity contribution >= 4 is 55.0 Å². The van der Waals surface area contributed by atoms with Crippen LogP contribution in [0.1, 0.15) is 18.4 Å². The maximum atomic E-state index is 10.8. The predicted molar refractivity (Wildman–Crippen MR) is 73.2 cm³/mol. The molecule has 0 aliphatic carbocycles. The molecule has 1 unspecified atom stereocenters. The van der Waals surface area contributed by atoms with Crippen LogP contribution in [0.5, 0.6) is 10.9 Å².